The SMILES string of the molecule is CCCCc1nc(CCCC)c(CCCC)[nH]1.[Sn]. The van der Waals surface area contributed by atoms with Gasteiger partial charge >= 0.3 is 0 Å². The van der Waals surface area contributed by atoms with Crippen molar-refractivity contribution in [3.05, 3.63) is 17.2 Å². The third kappa shape index (κ3) is 6.26. The molecule has 0 spiro atoms. The van der Waals surface area contributed by atoms with E-state index < -0.39 is 0 Å². The number of rotatable bonds is 9. The van der Waals surface area contributed by atoms with E-state index in [4.69, 9.17) is 4.98 Å². The molecule has 0 aliphatic rings. The van der Waals surface area contributed by atoms with Crippen LogP contribution in [0.25, 0.3) is 0 Å². The van der Waals surface area contributed by atoms with E-state index in [0.29, 0.717) is 0 Å². The summed E-state index contributed by atoms with van der Waals surface area (Å²) in [5, 5.41) is 0. The topological polar surface area (TPSA) is 28.7 Å². The van der Waals surface area contributed by atoms with Crippen molar-refractivity contribution in [2.24, 2.45) is 0 Å². The van der Waals surface area contributed by atoms with Crippen LogP contribution in [0.15, 0.2) is 0 Å². The fourth-order valence-corrected chi connectivity index (χ4v) is 2.08. The number of hydrogen-bond acceptors (Lipinski definition) is 1. The summed E-state index contributed by atoms with van der Waals surface area (Å²) in [7, 11) is 0. The van der Waals surface area contributed by atoms with Gasteiger partial charge in [-0.1, -0.05) is 40.0 Å². The summed E-state index contributed by atoms with van der Waals surface area (Å²) in [6, 6.07) is 0. The van der Waals surface area contributed by atoms with Gasteiger partial charge in [-0.25, -0.2) is 4.98 Å². The smallest absolute Gasteiger partial charge is 0.106 e. The molecule has 18 heavy (non-hydrogen) atoms. The zero-order valence-corrected chi connectivity index (χ0v) is 15.2. The number of hydrogen-bond donors (Lipinski definition) is 1. The van der Waals surface area contributed by atoms with Crippen molar-refractivity contribution < 1.29 is 0 Å². The average molecular weight is 355 g/mol. The van der Waals surface area contributed by atoms with Crippen LogP contribution in [0, 0.1) is 0 Å². The molecule has 0 aromatic carbocycles. The van der Waals surface area contributed by atoms with E-state index in [1.165, 1.54) is 62.2 Å². The standard InChI is InChI=1S/C15H28N2.Sn/c1-4-7-10-13-14(11-8-5-2)17-15(16-13)12-9-6-3;/h4-12H2,1-3H3,(H,16,17);. The molecule has 0 saturated carbocycles. The minimum Gasteiger partial charge on any atom is -0.346 e. The second-order valence-electron chi connectivity index (χ2n) is 4.92. The number of nitrogens with zero attached hydrogens (tertiary/aromatic N) is 1. The molecule has 0 fully saturated rings. The Kier molecular flexibility index (Phi) is 10.9. The number of nitrogens with one attached hydrogen (secondary N) is 1. The van der Waals surface area contributed by atoms with Gasteiger partial charge in [0.25, 0.3) is 0 Å². The monoisotopic (exact) mass is 356 g/mol. The third-order valence-corrected chi connectivity index (χ3v) is 3.23. The quantitative estimate of drug-likeness (QED) is 0.665. The molecule has 4 radical (unpaired) electrons. The van der Waals surface area contributed by atoms with E-state index in [1.807, 2.05) is 0 Å². The summed E-state index contributed by atoms with van der Waals surface area (Å²) in [5.41, 5.74) is 2.75. The van der Waals surface area contributed by atoms with Crippen LogP contribution in [-0.2, 0) is 19.3 Å². The third-order valence-electron chi connectivity index (χ3n) is 3.23. The number of unbranched alkanes of at least 4 members (excludes halogenated alkanes) is 3. The molecular formula is C15H28N2Sn. The van der Waals surface area contributed by atoms with Crippen LogP contribution in [0.2, 0.25) is 0 Å². The number of imidazole rings is 1. The Balaban J connectivity index is 0.00000289. The molecule has 0 atom stereocenters. The molecule has 3 heteroatoms. The van der Waals surface area contributed by atoms with Crippen LogP contribution in [0.1, 0.15) is 76.5 Å². The number of aromatic nitrogens is 2. The number of aryl methyl sites for hydroxylation is 3. The molecule has 1 rings (SSSR count). The molecule has 0 aliphatic carbocycles. The number of aromatic amines is 1. The summed E-state index contributed by atoms with van der Waals surface area (Å²) >= 11 is 0. The first-order valence-corrected chi connectivity index (χ1v) is 7.38. The Hall–Kier alpha value is 0.00870. The summed E-state index contributed by atoms with van der Waals surface area (Å²) in [6.45, 7) is 6.73. The first kappa shape index (κ1) is 18.0. The van der Waals surface area contributed by atoms with Gasteiger partial charge in [-0.3, -0.25) is 0 Å². The Bertz CT molecular complexity index is 282. The Morgan fingerprint density at radius 3 is 2.00 bits per heavy atom. The Labute approximate surface area is 129 Å². The van der Waals surface area contributed by atoms with Crippen LogP contribution in [-0.4, -0.2) is 33.9 Å². The molecule has 0 saturated heterocycles. The minimum atomic E-state index is 0. The van der Waals surface area contributed by atoms with E-state index in [9.17, 15) is 0 Å². The van der Waals surface area contributed by atoms with Gasteiger partial charge in [0.1, 0.15) is 5.82 Å². The van der Waals surface area contributed by atoms with Gasteiger partial charge in [0.05, 0.1) is 5.69 Å². The maximum atomic E-state index is 4.78. The molecule has 0 bridgehead atoms. The molecule has 2 nitrogen and oxygen atoms in total. The average Bonchev–Trinajstić information content (AvgIpc) is 2.73. The van der Waals surface area contributed by atoms with Crippen molar-refractivity contribution in [2.45, 2.75) is 78.6 Å². The molecule has 1 aromatic heterocycles. The Morgan fingerprint density at radius 1 is 0.833 bits per heavy atom. The fraction of sp³-hybridized carbons (Fsp3) is 0.800. The molecule has 1 aromatic rings. The summed E-state index contributed by atoms with van der Waals surface area (Å²) in [4.78, 5) is 8.33. The van der Waals surface area contributed by atoms with Gasteiger partial charge < -0.3 is 4.98 Å². The fourth-order valence-electron chi connectivity index (χ4n) is 2.08. The molecule has 0 amide bonds. The first-order valence-electron chi connectivity index (χ1n) is 7.38. The number of H-pyrrole nitrogens is 1. The molecule has 1 heterocycles. The Morgan fingerprint density at radius 2 is 1.39 bits per heavy atom. The van der Waals surface area contributed by atoms with E-state index >= 15 is 0 Å². The van der Waals surface area contributed by atoms with Crippen molar-refractivity contribution in [3.63, 3.8) is 0 Å². The van der Waals surface area contributed by atoms with Gasteiger partial charge in [-0.2, -0.15) is 0 Å². The van der Waals surface area contributed by atoms with E-state index in [-0.39, 0.29) is 23.9 Å². The molecule has 0 aliphatic heterocycles. The molecule has 102 valence electrons. The molecule has 0 unspecified atom stereocenters. The first-order chi connectivity index (χ1) is 8.31. The van der Waals surface area contributed by atoms with Gasteiger partial charge in [-0.05, 0) is 32.1 Å². The van der Waals surface area contributed by atoms with Crippen molar-refractivity contribution in [1.29, 1.82) is 0 Å². The summed E-state index contributed by atoms with van der Waals surface area (Å²) in [5.74, 6) is 1.21. The van der Waals surface area contributed by atoms with Crippen LogP contribution < -0.4 is 0 Å². The summed E-state index contributed by atoms with van der Waals surface area (Å²) in [6.07, 6.45) is 11.0. The maximum Gasteiger partial charge on any atom is 0.106 e. The van der Waals surface area contributed by atoms with E-state index in [0.717, 1.165) is 12.8 Å². The van der Waals surface area contributed by atoms with Gasteiger partial charge in [0.2, 0.25) is 0 Å². The summed E-state index contributed by atoms with van der Waals surface area (Å²) < 4.78 is 0. The van der Waals surface area contributed by atoms with Crippen molar-refractivity contribution in [1.82, 2.24) is 9.97 Å². The normalized spacial score (nSPS) is 10.4. The minimum absolute atomic E-state index is 0. The van der Waals surface area contributed by atoms with Crippen LogP contribution in [0.5, 0.6) is 0 Å². The van der Waals surface area contributed by atoms with Crippen molar-refractivity contribution in [2.75, 3.05) is 0 Å². The zero-order chi connectivity index (χ0) is 12.5. The van der Waals surface area contributed by atoms with Gasteiger partial charge in [-0.15, -0.1) is 0 Å². The van der Waals surface area contributed by atoms with Crippen molar-refractivity contribution >= 4 is 23.9 Å². The predicted molar refractivity (Wildman–Crippen MR) is 80.2 cm³/mol. The molecule has 1 N–H and O–H groups in total. The van der Waals surface area contributed by atoms with E-state index in [2.05, 4.69) is 25.8 Å². The van der Waals surface area contributed by atoms with Crippen LogP contribution in [0.4, 0.5) is 0 Å². The van der Waals surface area contributed by atoms with Crippen LogP contribution in [0.3, 0.4) is 0 Å². The second kappa shape index (κ2) is 10.9. The van der Waals surface area contributed by atoms with E-state index in [1.54, 1.807) is 0 Å². The molecular weight excluding hydrogens is 327 g/mol. The maximum absolute atomic E-state index is 4.78. The van der Waals surface area contributed by atoms with Gasteiger partial charge in [0.15, 0.2) is 0 Å². The van der Waals surface area contributed by atoms with Crippen molar-refractivity contribution in [3.8, 4) is 0 Å². The van der Waals surface area contributed by atoms with Crippen LogP contribution >= 0.6 is 0 Å². The van der Waals surface area contributed by atoms with Gasteiger partial charge in [0, 0.05) is 36.0 Å². The largest absolute Gasteiger partial charge is 0.346 e. The predicted octanol–water partition coefficient (Wildman–Crippen LogP) is 4.06. The second-order valence-corrected chi connectivity index (χ2v) is 4.92. The zero-order valence-electron chi connectivity index (χ0n) is 12.3.